The van der Waals surface area contributed by atoms with Crippen LogP contribution in [-0.2, 0) is 4.79 Å². The van der Waals surface area contributed by atoms with Gasteiger partial charge in [-0.3, -0.25) is 19.7 Å². The van der Waals surface area contributed by atoms with E-state index >= 15 is 0 Å². The van der Waals surface area contributed by atoms with Gasteiger partial charge in [0.15, 0.2) is 0 Å². The second-order valence-corrected chi connectivity index (χ2v) is 5.09. The number of carboxylic acid groups (broad SMARTS) is 1. The van der Waals surface area contributed by atoms with E-state index in [1.165, 1.54) is 29.2 Å². The van der Waals surface area contributed by atoms with Crippen molar-refractivity contribution >= 4 is 17.6 Å². The third-order valence-corrected chi connectivity index (χ3v) is 2.79. The molecule has 0 saturated carbocycles. The lowest BCUT2D eigenvalue weighted by Crippen LogP contribution is -2.35. The minimum Gasteiger partial charge on any atom is -0.481 e. The summed E-state index contributed by atoms with van der Waals surface area (Å²) >= 11 is 0. The van der Waals surface area contributed by atoms with Crippen LogP contribution in [0.4, 0.5) is 5.69 Å². The van der Waals surface area contributed by atoms with Crippen molar-refractivity contribution in [3.8, 4) is 0 Å². The Morgan fingerprint density at radius 1 is 1.29 bits per heavy atom. The number of carbonyl (C=O) groups is 2. The molecule has 0 aliphatic rings. The SMILES string of the molecule is CC(C)CN(CCC(=O)O)C(=O)c1ccc([N+](=O)[O-])cc1. The van der Waals surface area contributed by atoms with E-state index in [-0.39, 0.29) is 30.5 Å². The lowest BCUT2D eigenvalue weighted by Gasteiger charge is -2.24. The van der Waals surface area contributed by atoms with Crippen LogP contribution >= 0.6 is 0 Å². The van der Waals surface area contributed by atoms with Gasteiger partial charge in [-0.05, 0) is 18.1 Å². The van der Waals surface area contributed by atoms with Crippen LogP contribution in [0.15, 0.2) is 24.3 Å². The van der Waals surface area contributed by atoms with Crippen molar-refractivity contribution in [2.45, 2.75) is 20.3 Å². The maximum absolute atomic E-state index is 12.3. The minimum absolute atomic E-state index is 0.0903. The zero-order valence-corrected chi connectivity index (χ0v) is 12.0. The summed E-state index contributed by atoms with van der Waals surface area (Å²) in [4.78, 5) is 34.5. The molecule has 1 aromatic carbocycles. The highest BCUT2D eigenvalue weighted by atomic mass is 16.6. The summed E-state index contributed by atoms with van der Waals surface area (Å²) in [6, 6.07) is 5.29. The Kier molecular flexibility index (Phi) is 5.83. The number of carbonyl (C=O) groups excluding carboxylic acids is 1. The number of aliphatic carboxylic acids is 1. The van der Waals surface area contributed by atoms with Crippen molar-refractivity contribution in [2.24, 2.45) is 5.92 Å². The molecule has 0 bridgehead atoms. The van der Waals surface area contributed by atoms with Crippen molar-refractivity contribution in [1.29, 1.82) is 0 Å². The molecule has 7 heteroatoms. The van der Waals surface area contributed by atoms with Gasteiger partial charge < -0.3 is 10.0 Å². The summed E-state index contributed by atoms with van der Waals surface area (Å²) in [5, 5.41) is 19.3. The zero-order valence-electron chi connectivity index (χ0n) is 12.0. The van der Waals surface area contributed by atoms with Crippen LogP contribution in [-0.4, -0.2) is 39.9 Å². The monoisotopic (exact) mass is 294 g/mol. The van der Waals surface area contributed by atoms with Crippen LogP contribution in [0.1, 0.15) is 30.6 Å². The number of nitro benzene ring substituents is 1. The van der Waals surface area contributed by atoms with Gasteiger partial charge in [0.25, 0.3) is 11.6 Å². The number of benzene rings is 1. The lowest BCUT2D eigenvalue weighted by molar-refractivity contribution is -0.384. The first-order valence-corrected chi connectivity index (χ1v) is 6.56. The van der Waals surface area contributed by atoms with E-state index in [0.717, 1.165) is 0 Å². The molecular weight excluding hydrogens is 276 g/mol. The van der Waals surface area contributed by atoms with E-state index in [9.17, 15) is 19.7 Å². The maximum atomic E-state index is 12.3. The number of nitro groups is 1. The molecule has 1 aromatic rings. The van der Waals surface area contributed by atoms with Gasteiger partial charge in [0.1, 0.15) is 0 Å². The summed E-state index contributed by atoms with van der Waals surface area (Å²) in [6.07, 6.45) is -0.133. The molecule has 1 rings (SSSR count). The molecular formula is C14H18N2O5. The third-order valence-electron chi connectivity index (χ3n) is 2.79. The first-order chi connectivity index (χ1) is 9.81. The Hall–Kier alpha value is -2.44. The van der Waals surface area contributed by atoms with E-state index in [1.807, 2.05) is 13.8 Å². The Morgan fingerprint density at radius 2 is 1.86 bits per heavy atom. The normalized spacial score (nSPS) is 10.4. The van der Waals surface area contributed by atoms with Gasteiger partial charge in [0.05, 0.1) is 11.3 Å². The molecule has 0 heterocycles. The Labute approximate surface area is 122 Å². The summed E-state index contributed by atoms with van der Waals surface area (Å²) in [7, 11) is 0. The number of amides is 1. The third kappa shape index (κ3) is 5.21. The molecule has 1 amide bonds. The van der Waals surface area contributed by atoms with Crippen molar-refractivity contribution in [1.82, 2.24) is 4.90 Å². The molecule has 21 heavy (non-hydrogen) atoms. The van der Waals surface area contributed by atoms with E-state index < -0.39 is 10.9 Å². The molecule has 114 valence electrons. The van der Waals surface area contributed by atoms with E-state index in [2.05, 4.69) is 0 Å². The second-order valence-electron chi connectivity index (χ2n) is 5.09. The van der Waals surface area contributed by atoms with Crippen molar-refractivity contribution in [3.05, 3.63) is 39.9 Å². The second kappa shape index (κ2) is 7.37. The molecule has 0 aromatic heterocycles. The van der Waals surface area contributed by atoms with Crippen LogP contribution in [0.5, 0.6) is 0 Å². The lowest BCUT2D eigenvalue weighted by atomic mass is 10.1. The Morgan fingerprint density at radius 3 is 2.29 bits per heavy atom. The van der Waals surface area contributed by atoms with E-state index in [4.69, 9.17) is 5.11 Å². The van der Waals surface area contributed by atoms with E-state index in [1.54, 1.807) is 0 Å². The average molecular weight is 294 g/mol. The van der Waals surface area contributed by atoms with Gasteiger partial charge in [-0.1, -0.05) is 13.8 Å². The van der Waals surface area contributed by atoms with Crippen LogP contribution in [0.3, 0.4) is 0 Å². The minimum atomic E-state index is -0.972. The highest BCUT2D eigenvalue weighted by molar-refractivity contribution is 5.94. The van der Waals surface area contributed by atoms with Crippen LogP contribution in [0.25, 0.3) is 0 Å². The number of hydrogen-bond donors (Lipinski definition) is 1. The maximum Gasteiger partial charge on any atom is 0.305 e. The Bertz CT molecular complexity index is 525. The molecule has 0 aliphatic heterocycles. The van der Waals surface area contributed by atoms with Gasteiger partial charge in [-0.2, -0.15) is 0 Å². The van der Waals surface area contributed by atoms with Gasteiger partial charge in [-0.15, -0.1) is 0 Å². The van der Waals surface area contributed by atoms with Crippen LogP contribution < -0.4 is 0 Å². The predicted octanol–water partition coefficient (Wildman–Crippen LogP) is 2.17. The number of carboxylic acids is 1. The number of non-ortho nitro benzene ring substituents is 1. The molecule has 0 saturated heterocycles. The predicted molar refractivity (Wildman–Crippen MR) is 76.1 cm³/mol. The standard InChI is InChI=1S/C14H18N2O5/c1-10(2)9-15(8-7-13(17)18)14(19)11-3-5-12(6-4-11)16(20)21/h3-6,10H,7-9H2,1-2H3,(H,17,18). The molecule has 0 unspecified atom stereocenters. The molecule has 0 radical (unpaired) electrons. The highest BCUT2D eigenvalue weighted by Crippen LogP contribution is 2.14. The summed E-state index contributed by atoms with van der Waals surface area (Å²) in [5.41, 5.74) is 0.221. The fourth-order valence-corrected chi connectivity index (χ4v) is 1.86. The number of hydrogen-bond acceptors (Lipinski definition) is 4. The molecule has 0 aliphatic carbocycles. The van der Waals surface area contributed by atoms with Gasteiger partial charge in [-0.25, -0.2) is 0 Å². The average Bonchev–Trinajstić information content (AvgIpc) is 2.42. The van der Waals surface area contributed by atoms with Gasteiger partial charge in [0.2, 0.25) is 0 Å². The van der Waals surface area contributed by atoms with Crippen molar-refractivity contribution in [3.63, 3.8) is 0 Å². The molecule has 1 N–H and O–H groups in total. The summed E-state index contributed by atoms with van der Waals surface area (Å²) in [6.45, 7) is 4.40. The Balaban J connectivity index is 2.87. The first-order valence-electron chi connectivity index (χ1n) is 6.56. The largest absolute Gasteiger partial charge is 0.481 e. The number of nitrogens with zero attached hydrogens (tertiary/aromatic N) is 2. The first kappa shape index (κ1) is 16.6. The topological polar surface area (TPSA) is 101 Å². The van der Waals surface area contributed by atoms with Gasteiger partial charge in [0, 0.05) is 30.8 Å². The quantitative estimate of drug-likeness (QED) is 0.613. The van der Waals surface area contributed by atoms with Gasteiger partial charge >= 0.3 is 5.97 Å². The summed E-state index contributed by atoms with van der Waals surface area (Å²) < 4.78 is 0. The molecule has 0 fully saturated rings. The molecule has 0 atom stereocenters. The highest BCUT2D eigenvalue weighted by Gasteiger charge is 2.18. The number of rotatable bonds is 7. The summed E-state index contributed by atoms with van der Waals surface area (Å²) in [5.74, 6) is -1.10. The fourth-order valence-electron chi connectivity index (χ4n) is 1.86. The van der Waals surface area contributed by atoms with Crippen molar-refractivity contribution in [2.75, 3.05) is 13.1 Å². The van der Waals surface area contributed by atoms with Crippen molar-refractivity contribution < 1.29 is 19.6 Å². The zero-order chi connectivity index (χ0) is 16.0. The smallest absolute Gasteiger partial charge is 0.305 e. The molecule has 7 nitrogen and oxygen atoms in total. The molecule has 0 spiro atoms. The van der Waals surface area contributed by atoms with E-state index in [0.29, 0.717) is 12.1 Å². The van der Waals surface area contributed by atoms with Crippen LogP contribution in [0.2, 0.25) is 0 Å². The fraction of sp³-hybridized carbons (Fsp3) is 0.429. The van der Waals surface area contributed by atoms with Crippen LogP contribution in [0, 0.1) is 16.0 Å².